The van der Waals surface area contributed by atoms with Gasteiger partial charge in [0.1, 0.15) is 7.11 Å². The number of hydrogen-bond donors (Lipinski definition) is 0. The maximum Gasteiger partial charge on any atom is 0.106 e. The van der Waals surface area contributed by atoms with E-state index in [1.807, 2.05) is 14.1 Å². The van der Waals surface area contributed by atoms with Gasteiger partial charge < -0.3 is 9.74 Å². The van der Waals surface area contributed by atoms with Gasteiger partial charge in [-0.05, 0) is 31.5 Å². The summed E-state index contributed by atoms with van der Waals surface area (Å²) in [7, 11) is 5.64. The summed E-state index contributed by atoms with van der Waals surface area (Å²) in [6.45, 7) is 4.35. The lowest BCUT2D eigenvalue weighted by atomic mass is 9.90. The molecule has 0 aliphatic heterocycles. The molecule has 0 bridgehead atoms. The Labute approximate surface area is 121 Å². The molecule has 3 heteroatoms. The summed E-state index contributed by atoms with van der Waals surface area (Å²) in [5, 5.41) is 3.93. The van der Waals surface area contributed by atoms with Crippen LogP contribution in [0.3, 0.4) is 0 Å². The molecule has 0 amide bonds. The molecular weight excluding hydrogens is 248 g/mol. The molecule has 0 saturated carbocycles. The highest BCUT2D eigenvalue weighted by molar-refractivity contribution is 5.84. The van der Waals surface area contributed by atoms with E-state index in [4.69, 9.17) is 4.84 Å². The lowest BCUT2D eigenvalue weighted by molar-refractivity contribution is 0.215. The van der Waals surface area contributed by atoms with Crippen molar-refractivity contribution in [1.82, 2.24) is 0 Å². The van der Waals surface area contributed by atoms with Crippen LogP contribution in [0.25, 0.3) is 0 Å². The standard InChI is InChI=1S/C17H22N2O/c1-12-6-8-16(13(12)2)17-9-7-15(19(3)4)10-14(17)11-18-20-5/h6-11,16H,1-5H3. The van der Waals surface area contributed by atoms with Crippen molar-refractivity contribution in [3.05, 3.63) is 52.6 Å². The fraction of sp³-hybridized carbons (Fsp3) is 0.353. The fourth-order valence-electron chi connectivity index (χ4n) is 2.44. The summed E-state index contributed by atoms with van der Waals surface area (Å²) >= 11 is 0. The van der Waals surface area contributed by atoms with Crippen LogP contribution >= 0.6 is 0 Å². The zero-order valence-electron chi connectivity index (χ0n) is 12.8. The highest BCUT2D eigenvalue weighted by Gasteiger charge is 2.19. The van der Waals surface area contributed by atoms with Crippen LogP contribution in [0.15, 0.2) is 46.7 Å². The molecule has 0 fully saturated rings. The fourth-order valence-corrected chi connectivity index (χ4v) is 2.44. The summed E-state index contributed by atoms with van der Waals surface area (Å²) in [5.41, 5.74) is 6.27. The van der Waals surface area contributed by atoms with Gasteiger partial charge >= 0.3 is 0 Å². The predicted molar refractivity (Wildman–Crippen MR) is 85.6 cm³/mol. The van der Waals surface area contributed by atoms with Gasteiger partial charge in [-0.15, -0.1) is 0 Å². The minimum atomic E-state index is 0.338. The van der Waals surface area contributed by atoms with Gasteiger partial charge in [-0.3, -0.25) is 0 Å². The third-order valence-electron chi connectivity index (χ3n) is 3.85. The zero-order chi connectivity index (χ0) is 14.7. The molecule has 1 aliphatic rings. The Hall–Kier alpha value is -2.03. The summed E-state index contributed by atoms with van der Waals surface area (Å²) in [4.78, 5) is 6.93. The Morgan fingerprint density at radius 2 is 2.00 bits per heavy atom. The second kappa shape index (κ2) is 5.95. The zero-order valence-corrected chi connectivity index (χ0v) is 12.8. The van der Waals surface area contributed by atoms with E-state index in [1.165, 1.54) is 16.7 Å². The first-order valence-electron chi connectivity index (χ1n) is 6.78. The molecule has 20 heavy (non-hydrogen) atoms. The molecule has 0 N–H and O–H groups in total. The van der Waals surface area contributed by atoms with E-state index in [1.54, 1.807) is 13.3 Å². The van der Waals surface area contributed by atoms with Gasteiger partial charge in [-0.2, -0.15) is 0 Å². The van der Waals surface area contributed by atoms with Crippen LogP contribution in [-0.4, -0.2) is 27.4 Å². The Morgan fingerprint density at radius 1 is 1.25 bits per heavy atom. The maximum absolute atomic E-state index is 4.84. The molecule has 2 rings (SSSR count). The Bertz CT molecular complexity index is 583. The van der Waals surface area contributed by atoms with Gasteiger partial charge in [-0.1, -0.05) is 34.5 Å². The van der Waals surface area contributed by atoms with Gasteiger partial charge in [0.15, 0.2) is 0 Å². The van der Waals surface area contributed by atoms with Crippen molar-refractivity contribution < 1.29 is 4.84 Å². The topological polar surface area (TPSA) is 24.8 Å². The molecule has 0 radical (unpaired) electrons. The molecule has 0 aromatic heterocycles. The molecular formula is C17H22N2O. The lowest BCUT2D eigenvalue weighted by Crippen LogP contribution is -2.10. The van der Waals surface area contributed by atoms with E-state index in [0.717, 1.165) is 11.3 Å². The van der Waals surface area contributed by atoms with Crippen LogP contribution in [0.1, 0.15) is 30.9 Å². The molecule has 1 aromatic carbocycles. The van der Waals surface area contributed by atoms with Crippen LogP contribution in [0.4, 0.5) is 5.69 Å². The molecule has 0 heterocycles. The second-order valence-electron chi connectivity index (χ2n) is 5.33. The van der Waals surface area contributed by atoms with Crippen molar-refractivity contribution in [3.63, 3.8) is 0 Å². The lowest BCUT2D eigenvalue weighted by Gasteiger charge is -2.18. The number of hydrogen-bond acceptors (Lipinski definition) is 3. The first-order chi connectivity index (χ1) is 9.54. The number of nitrogens with zero attached hydrogens (tertiary/aromatic N) is 2. The van der Waals surface area contributed by atoms with Crippen molar-refractivity contribution in [2.24, 2.45) is 5.16 Å². The van der Waals surface area contributed by atoms with E-state index in [0.29, 0.717) is 5.92 Å². The van der Waals surface area contributed by atoms with Crippen LogP contribution in [0.2, 0.25) is 0 Å². The Balaban J connectivity index is 2.47. The average Bonchev–Trinajstić information content (AvgIpc) is 2.76. The van der Waals surface area contributed by atoms with Crippen molar-refractivity contribution in [2.45, 2.75) is 19.8 Å². The normalized spacial score (nSPS) is 18.1. The number of allylic oxidation sites excluding steroid dienone is 4. The molecule has 0 saturated heterocycles. The number of anilines is 1. The Morgan fingerprint density at radius 3 is 2.55 bits per heavy atom. The number of benzene rings is 1. The highest BCUT2D eigenvalue weighted by atomic mass is 16.6. The molecule has 1 unspecified atom stereocenters. The van der Waals surface area contributed by atoms with E-state index in [2.05, 4.69) is 54.3 Å². The summed E-state index contributed by atoms with van der Waals surface area (Å²) in [6, 6.07) is 6.48. The summed E-state index contributed by atoms with van der Waals surface area (Å²) < 4.78 is 0. The smallest absolute Gasteiger partial charge is 0.106 e. The molecule has 3 nitrogen and oxygen atoms in total. The first kappa shape index (κ1) is 14.4. The molecule has 1 aliphatic carbocycles. The van der Waals surface area contributed by atoms with Crippen LogP contribution in [-0.2, 0) is 4.84 Å². The predicted octanol–water partition coefficient (Wildman–Crippen LogP) is 3.72. The van der Waals surface area contributed by atoms with Gasteiger partial charge in [-0.25, -0.2) is 0 Å². The van der Waals surface area contributed by atoms with Crippen LogP contribution < -0.4 is 4.90 Å². The summed E-state index contributed by atoms with van der Waals surface area (Å²) in [5.74, 6) is 0.338. The number of rotatable bonds is 4. The van der Waals surface area contributed by atoms with Gasteiger partial charge in [0.25, 0.3) is 0 Å². The van der Waals surface area contributed by atoms with Gasteiger partial charge in [0, 0.05) is 31.3 Å². The van der Waals surface area contributed by atoms with E-state index in [-0.39, 0.29) is 0 Å². The van der Waals surface area contributed by atoms with Gasteiger partial charge in [0.05, 0.1) is 6.21 Å². The van der Waals surface area contributed by atoms with E-state index in [9.17, 15) is 0 Å². The SMILES string of the molecule is CON=Cc1cc(N(C)C)ccc1C1C=CC(C)=C1C. The minimum Gasteiger partial charge on any atom is -0.399 e. The van der Waals surface area contributed by atoms with Crippen molar-refractivity contribution in [3.8, 4) is 0 Å². The molecule has 0 spiro atoms. The monoisotopic (exact) mass is 270 g/mol. The molecule has 1 aromatic rings. The van der Waals surface area contributed by atoms with Crippen LogP contribution in [0.5, 0.6) is 0 Å². The molecule has 1 atom stereocenters. The second-order valence-corrected chi connectivity index (χ2v) is 5.33. The van der Waals surface area contributed by atoms with Crippen LogP contribution in [0, 0.1) is 0 Å². The van der Waals surface area contributed by atoms with Crippen molar-refractivity contribution in [2.75, 3.05) is 26.1 Å². The quantitative estimate of drug-likeness (QED) is 0.615. The molecule has 106 valence electrons. The largest absolute Gasteiger partial charge is 0.399 e. The summed E-state index contributed by atoms with van der Waals surface area (Å²) in [6.07, 6.45) is 6.23. The van der Waals surface area contributed by atoms with E-state index >= 15 is 0 Å². The first-order valence-corrected chi connectivity index (χ1v) is 6.78. The van der Waals surface area contributed by atoms with Gasteiger partial charge in [0.2, 0.25) is 0 Å². The Kier molecular flexibility index (Phi) is 4.28. The minimum absolute atomic E-state index is 0.338. The number of oxime groups is 1. The average molecular weight is 270 g/mol. The van der Waals surface area contributed by atoms with Crippen molar-refractivity contribution in [1.29, 1.82) is 0 Å². The van der Waals surface area contributed by atoms with Crippen molar-refractivity contribution >= 4 is 11.9 Å². The highest BCUT2D eigenvalue weighted by Crippen LogP contribution is 2.35. The van der Waals surface area contributed by atoms with E-state index < -0.39 is 0 Å². The third kappa shape index (κ3) is 2.77. The third-order valence-corrected chi connectivity index (χ3v) is 3.85. The maximum atomic E-state index is 4.84.